The Morgan fingerprint density at radius 2 is 0.692 bits per heavy atom. The van der Waals surface area contributed by atoms with Crippen LogP contribution in [0.15, 0.2) is 146 Å². The maximum absolute atomic E-state index is 2.62. The summed E-state index contributed by atoms with van der Waals surface area (Å²) in [5, 5.41) is 10.6. The minimum Gasteiger partial charge on any atom is -0.339 e. The number of aromatic nitrogens is 4. The summed E-state index contributed by atoms with van der Waals surface area (Å²) in [6, 6.07) is 53.9. The fraction of sp³-hybridized carbons (Fsp3) is 0.0833. The normalized spacial score (nSPS) is 12.6. The molecule has 0 fully saturated rings. The summed E-state index contributed by atoms with van der Waals surface area (Å²) in [4.78, 5) is 0. The van der Waals surface area contributed by atoms with Crippen LogP contribution >= 0.6 is 0 Å². The van der Waals surface area contributed by atoms with Crippen molar-refractivity contribution in [3.8, 4) is 22.5 Å². The lowest BCUT2D eigenvalue weighted by Gasteiger charge is -2.30. The van der Waals surface area contributed by atoms with Crippen LogP contribution in [-0.2, 0) is 13.1 Å². The van der Waals surface area contributed by atoms with Gasteiger partial charge in [-0.05, 0) is 73.2 Å². The highest BCUT2D eigenvalue weighted by Crippen LogP contribution is 2.55. The van der Waals surface area contributed by atoms with E-state index < -0.39 is 0 Å². The number of pyridine rings is 2. The molecular formula is C48H34N4. The summed E-state index contributed by atoms with van der Waals surface area (Å²) in [5.74, 6) is 0. The molecule has 0 bridgehead atoms. The van der Waals surface area contributed by atoms with Gasteiger partial charge in [-0.15, -0.1) is 0 Å². The third-order valence-corrected chi connectivity index (χ3v) is 11.8. The zero-order chi connectivity index (χ0) is 34.2. The van der Waals surface area contributed by atoms with E-state index in [9.17, 15) is 0 Å². The van der Waals surface area contributed by atoms with E-state index in [1.165, 1.54) is 110 Å². The predicted octanol–water partition coefficient (Wildman–Crippen LogP) is 12.7. The smallest absolute Gasteiger partial charge is 0.0791 e. The van der Waals surface area contributed by atoms with Crippen molar-refractivity contribution in [1.82, 2.24) is 18.3 Å². The molecule has 4 heterocycles. The first-order valence-electron chi connectivity index (χ1n) is 18.5. The fourth-order valence-corrected chi connectivity index (χ4v) is 10.0. The van der Waals surface area contributed by atoms with Crippen molar-refractivity contribution in [3.05, 3.63) is 146 Å². The van der Waals surface area contributed by atoms with E-state index in [0.29, 0.717) is 0 Å². The van der Waals surface area contributed by atoms with Gasteiger partial charge in [0.15, 0.2) is 0 Å². The van der Waals surface area contributed by atoms with Gasteiger partial charge in [0.2, 0.25) is 0 Å². The molecule has 0 amide bonds. The Morgan fingerprint density at radius 3 is 1.12 bits per heavy atom. The molecule has 2 aromatic heterocycles. The number of nitrogens with zero attached hydrogens (tertiary/aromatic N) is 4. The first kappa shape index (κ1) is 28.2. The molecule has 0 unspecified atom stereocenters. The lowest BCUT2D eigenvalue weighted by molar-refractivity contribution is 0.814. The molecule has 0 spiro atoms. The van der Waals surface area contributed by atoms with Crippen LogP contribution in [-0.4, -0.2) is 18.3 Å². The van der Waals surface area contributed by atoms with Crippen molar-refractivity contribution in [2.24, 2.45) is 0 Å². The van der Waals surface area contributed by atoms with Gasteiger partial charge in [0.1, 0.15) is 0 Å². The summed E-state index contributed by atoms with van der Waals surface area (Å²) in [5.41, 5.74) is 15.2. The van der Waals surface area contributed by atoms with Gasteiger partial charge in [-0.2, -0.15) is 0 Å². The summed E-state index contributed by atoms with van der Waals surface area (Å²) in [6.07, 6.45) is 0. The number of hydrogen-bond acceptors (Lipinski definition) is 0. The fourth-order valence-electron chi connectivity index (χ4n) is 10.0. The van der Waals surface area contributed by atoms with Crippen molar-refractivity contribution in [1.29, 1.82) is 0 Å². The van der Waals surface area contributed by atoms with Gasteiger partial charge < -0.3 is 18.3 Å². The molecule has 0 N–H and O–H groups in total. The van der Waals surface area contributed by atoms with E-state index in [2.05, 4.69) is 178 Å². The molecule has 0 atom stereocenters. The van der Waals surface area contributed by atoms with E-state index in [4.69, 9.17) is 0 Å². The SMILES string of the molecule is CCn1c2cccc3c2c2c(c4c3c3ccccc3n4-c3ccccc3)n(CC)c3cccc4c3c-2c1c1c4c2ccccc2n1-c1ccccc1. The highest BCUT2D eigenvalue weighted by molar-refractivity contribution is 6.41. The van der Waals surface area contributed by atoms with Gasteiger partial charge in [0.05, 0.1) is 33.1 Å². The van der Waals surface area contributed by atoms with E-state index in [1.54, 1.807) is 0 Å². The summed E-state index contributed by atoms with van der Waals surface area (Å²) < 4.78 is 10.3. The molecular weight excluding hydrogens is 633 g/mol. The summed E-state index contributed by atoms with van der Waals surface area (Å²) in [6.45, 7) is 6.33. The lowest BCUT2D eigenvalue weighted by atomic mass is 9.84. The number of rotatable bonds is 4. The Kier molecular flexibility index (Phi) is 5.45. The van der Waals surface area contributed by atoms with E-state index in [0.717, 1.165) is 13.1 Å². The molecule has 0 radical (unpaired) electrons. The number of fused-ring (bicyclic) bond motifs is 10. The summed E-state index contributed by atoms with van der Waals surface area (Å²) in [7, 11) is 0. The molecule has 2 aliphatic rings. The second kappa shape index (κ2) is 10.0. The Morgan fingerprint density at radius 1 is 0.327 bits per heavy atom. The van der Waals surface area contributed by atoms with E-state index in [1.807, 2.05) is 0 Å². The zero-order valence-electron chi connectivity index (χ0n) is 29.1. The van der Waals surface area contributed by atoms with Gasteiger partial charge in [-0.3, -0.25) is 0 Å². The molecule has 0 aliphatic carbocycles. The van der Waals surface area contributed by atoms with Gasteiger partial charge in [0, 0.05) is 78.9 Å². The Balaban J connectivity index is 1.49. The van der Waals surface area contributed by atoms with E-state index in [-0.39, 0.29) is 0 Å². The molecule has 8 aromatic carbocycles. The van der Waals surface area contributed by atoms with Crippen LogP contribution in [0, 0.1) is 0 Å². The molecule has 10 aromatic rings. The van der Waals surface area contributed by atoms with Crippen molar-refractivity contribution in [2.45, 2.75) is 26.9 Å². The predicted molar refractivity (Wildman–Crippen MR) is 220 cm³/mol. The number of para-hydroxylation sites is 4. The molecule has 4 nitrogen and oxygen atoms in total. The number of benzene rings is 8. The maximum atomic E-state index is 2.62. The minimum absolute atomic E-state index is 0.848. The van der Waals surface area contributed by atoms with Crippen LogP contribution in [0.25, 0.3) is 110 Å². The average molecular weight is 667 g/mol. The topological polar surface area (TPSA) is 19.7 Å². The van der Waals surface area contributed by atoms with Gasteiger partial charge in [-0.1, -0.05) is 97.1 Å². The molecule has 2 aliphatic heterocycles. The van der Waals surface area contributed by atoms with Gasteiger partial charge >= 0.3 is 0 Å². The van der Waals surface area contributed by atoms with Crippen molar-refractivity contribution < 1.29 is 0 Å². The summed E-state index contributed by atoms with van der Waals surface area (Å²) >= 11 is 0. The highest BCUT2D eigenvalue weighted by Gasteiger charge is 2.33. The number of aryl methyl sites for hydroxylation is 2. The van der Waals surface area contributed by atoms with Crippen LogP contribution in [0.3, 0.4) is 0 Å². The average Bonchev–Trinajstić information content (AvgIpc) is 3.74. The molecule has 4 heteroatoms. The number of hydrogen-bond donors (Lipinski definition) is 0. The molecule has 0 saturated heterocycles. The van der Waals surface area contributed by atoms with Crippen molar-refractivity contribution in [2.75, 3.05) is 0 Å². The quantitative estimate of drug-likeness (QED) is 0.132. The van der Waals surface area contributed by atoms with Gasteiger partial charge in [0.25, 0.3) is 0 Å². The maximum Gasteiger partial charge on any atom is 0.0791 e. The standard InChI is InChI=1S/C48H34N4/c1-3-49-37-27-15-23-33-40-32-22-12-14-26-36(32)52(30-19-9-6-10-20-30)48(40)46-44(41(33)37)43-42-34(24-16-28-38(42)50(46)4-2)39-31-21-11-13-25-35(31)51(47(39)45(43)49)29-17-7-5-8-18-29/h5-28H,3-4H2,1-2H3. The molecule has 0 saturated carbocycles. The van der Waals surface area contributed by atoms with Crippen LogP contribution < -0.4 is 0 Å². The third-order valence-electron chi connectivity index (χ3n) is 11.8. The third kappa shape index (κ3) is 3.25. The van der Waals surface area contributed by atoms with Crippen LogP contribution in [0.2, 0.25) is 0 Å². The monoisotopic (exact) mass is 666 g/mol. The van der Waals surface area contributed by atoms with Crippen molar-refractivity contribution in [3.63, 3.8) is 0 Å². The zero-order valence-corrected chi connectivity index (χ0v) is 29.1. The minimum atomic E-state index is 0.848. The first-order valence-corrected chi connectivity index (χ1v) is 18.5. The lowest BCUT2D eigenvalue weighted by Crippen LogP contribution is -2.13. The largest absolute Gasteiger partial charge is 0.339 e. The molecule has 52 heavy (non-hydrogen) atoms. The first-order chi connectivity index (χ1) is 25.8. The van der Waals surface area contributed by atoms with Crippen LogP contribution in [0.4, 0.5) is 0 Å². The van der Waals surface area contributed by atoms with Gasteiger partial charge in [-0.25, -0.2) is 0 Å². The van der Waals surface area contributed by atoms with Crippen molar-refractivity contribution >= 4 is 87.2 Å². The Hall–Kier alpha value is -6.52. The second-order valence-corrected chi connectivity index (χ2v) is 14.2. The Labute approximate surface area is 299 Å². The Bertz CT molecular complexity index is 3120. The van der Waals surface area contributed by atoms with Crippen LogP contribution in [0.5, 0.6) is 0 Å². The molecule has 12 rings (SSSR count). The van der Waals surface area contributed by atoms with E-state index >= 15 is 0 Å². The van der Waals surface area contributed by atoms with Crippen LogP contribution in [0.1, 0.15) is 13.8 Å². The second-order valence-electron chi connectivity index (χ2n) is 14.2. The highest BCUT2D eigenvalue weighted by atomic mass is 15.1. The molecule has 246 valence electrons.